The number of nitrogens with zero attached hydrogens (tertiary/aromatic N) is 1. The normalized spacial score (nSPS) is 21.3. The van der Waals surface area contributed by atoms with Crippen LogP contribution in [0.25, 0.3) is 0 Å². The van der Waals surface area contributed by atoms with E-state index in [9.17, 15) is 8.42 Å². The summed E-state index contributed by atoms with van der Waals surface area (Å²) in [5.74, 6) is 0.820. The molecule has 2 aromatic heterocycles. The van der Waals surface area contributed by atoms with Gasteiger partial charge in [0.05, 0.1) is 4.34 Å². The van der Waals surface area contributed by atoms with Crippen LogP contribution in [0.2, 0.25) is 4.34 Å². The first-order valence-electron chi connectivity index (χ1n) is 6.48. The quantitative estimate of drug-likeness (QED) is 0.796. The van der Waals surface area contributed by atoms with Gasteiger partial charge in [-0.15, -0.1) is 22.7 Å². The first-order chi connectivity index (χ1) is 10.1. The minimum Gasteiger partial charge on any atom is -0.206 e. The molecule has 1 aliphatic rings. The summed E-state index contributed by atoms with van der Waals surface area (Å²) in [6, 6.07) is 7.41. The highest BCUT2D eigenvalue weighted by molar-refractivity contribution is 7.99. The third-order valence-electron chi connectivity index (χ3n) is 3.30. The lowest BCUT2D eigenvalue weighted by Crippen LogP contribution is -2.32. The standard InChI is InChI=1S/C13H14ClNO2S4/c14-12-3-4-13(20-12)21(16,17)15-6-5-11(19-9-7-15)10-2-1-8-18-10/h1-4,8,11H,5-7,9H2. The van der Waals surface area contributed by atoms with Crippen LogP contribution in [-0.4, -0.2) is 31.6 Å². The Labute approximate surface area is 142 Å². The topological polar surface area (TPSA) is 37.4 Å². The molecule has 0 N–H and O–H groups in total. The molecule has 1 atom stereocenters. The Morgan fingerprint density at radius 2 is 2.10 bits per heavy atom. The lowest BCUT2D eigenvalue weighted by molar-refractivity contribution is 0.430. The molecular weight excluding hydrogens is 366 g/mol. The zero-order valence-electron chi connectivity index (χ0n) is 11.1. The summed E-state index contributed by atoms with van der Waals surface area (Å²) in [4.78, 5) is 1.33. The molecule has 0 spiro atoms. The monoisotopic (exact) mass is 379 g/mol. The molecule has 0 bridgehead atoms. The Morgan fingerprint density at radius 3 is 2.76 bits per heavy atom. The maximum absolute atomic E-state index is 12.6. The van der Waals surface area contributed by atoms with E-state index in [4.69, 9.17) is 11.6 Å². The summed E-state index contributed by atoms with van der Waals surface area (Å²) in [7, 11) is -3.40. The highest BCUT2D eigenvalue weighted by atomic mass is 35.5. The molecule has 0 amide bonds. The summed E-state index contributed by atoms with van der Waals surface area (Å²) in [5.41, 5.74) is 0. The van der Waals surface area contributed by atoms with E-state index in [1.54, 1.807) is 27.8 Å². The molecule has 0 saturated carbocycles. The Hall–Kier alpha value is -0.0500. The van der Waals surface area contributed by atoms with E-state index in [-0.39, 0.29) is 0 Å². The second kappa shape index (κ2) is 6.60. The lowest BCUT2D eigenvalue weighted by atomic mass is 10.2. The molecular formula is C13H14ClNO2S4. The van der Waals surface area contributed by atoms with Gasteiger partial charge >= 0.3 is 0 Å². The fourth-order valence-electron chi connectivity index (χ4n) is 2.26. The van der Waals surface area contributed by atoms with E-state index in [1.165, 1.54) is 4.88 Å². The third kappa shape index (κ3) is 3.48. The van der Waals surface area contributed by atoms with Gasteiger partial charge in [-0.1, -0.05) is 17.7 Å². The van der Waals surface area contributed by atoms with Gasteiger partial charge in [-0.2, -0.15) is 16.1 Å². The van der Waals surface area contributed by atoms with Gasteiger partial charge in [-0.05, 0) is 30.0 Å². The van der Waals surface area contributed by atoms with Gasteiger partial charge in [0.25, 0.3) is 10.0 Å². The Kier molecular flexibility index (Phi) is 4.97. The maximum atomic E-state index is 12.6. The van der Waals surface area contributed by atoms with Crippen molar-refractivity contribution < 1.29 is 8.42 Å². The number of sulfonamides is 1. The summed E-state index contributed by atoms with van der Waals surface area (Å²) in [6.45, 7) is 1.12. The van der Waals surface area contributed by atoms with Gasteiger partial charge < -0.3 is 0 Å². The first kappa shape index (κ1) is 15.8. The van der Waals surface area contributed by atoms with Crippen LogP contribution < -0.4 is 0 Å². The second-order valence-corrected chi connectivity index (χ2v) is 10.8. The molecule has 114 valence electrons. The summed E-state index contributed by atoms with van der Waals surface area (Å²) in [6.07, 6.45) is 0.851. The number of halogens is 1. The molecule has 1 saturated heterocycles. The van der Waals surface area contributed by atoms with Gasteiger partial charge in [0.15, 0.2) is 0 Å². The Morgan fingerprint density at radius 1 is 1.24 bits per heavy atom. The van der Waals surface area contributed by atoms with Crippen LogP contribution in [0.1, 0.15) is 16.5 Å². The Balaban J connectivity index is 1.75. The van der Waals surface area contributed by atoms with Crippen molar-refractivity contribution in [2.45, 2.75) is 15.9 Å². The average molecular weight is 380 g/mol. The number of hydrogen-bond donors (Lipinski definition) is 0. The summed E-state index contributed by atoms with van der Waals surface area (Å²) >= 11 is 10.6. The molecule has 3 rings (SSSR count). The predicted octanol–water partition coefficient (Wildman–Crippen LogP) is 4.33. The van der Waals surface area contributed by atoms with Crippen molar-refractivity contribution in [3.8, 4) is 0 Å². The van der Waals surface area contributed by atoms with Gasteiger partial charge in [0.2, 0.25) is 0 Å². The van der Waals surface area contributed by atoms with E-state index in [1.807, 2.05) is 17.8 Å². The van der Waals surface area contributed by atoms with Crippen LogP contribution in [0.5, 0.6) is 0 Å². The number of thioether (sulfide) groups is 1. The van der Waals surface area contributed by atoms with Crippen LogP contribution in [-0.2, 0) is 10.0 Å². The van der Waals surface area contributed by atoms with Crippen LogP contribution in [0.15, 0.2) is 33.9 Å². The van der Waals surface area contributed by atoms with E-state index in [2.05, 4.69) is 11.4 Å². The van der Waals surface area contributed by atoms with Crippen LogP contribution in [0, 0.1) is 0 Å². The van der Waals surface area contributed by atoms with Crippen molar-refractivity contribution >= 4 is 56.1 Å². The molecule has 3 nitrogen and oxygen atoms in total. The minimum absolute atomic E-state index is 0.340. The van der Waals surface area contributed by atoms with Crippen molar-refractivity contribution in [3.05, 3.63) is 38.9 Å². The van der Waals surface area contributed by atoms with Crippen molar-refractivity contribution in [3.63, 3.8) is 0 Å². The molecule has 1 aliphatic heterocycles. The fraction of sp³-hybridized carbons (Fsp3) is 0.385. The number of rotatable bonds is 3. The molecule has 0 aromatic carbocycles. The molecule has 0 radical (unpaired) electrons. The van der Waals surface area contributed by atoms with Crippen molar-refractivity contribution in [1.29, 1.82) is 0 Å². The zero-order chi connectivity index (χ0) is 14.9. The van der Waals surface area contributed by atoms with Crippen LogP contribution in [0.3, 0.4) is 0 Å². The highest BCUT2D eigenvalue weighted by Crippen LogP contribution is 2.38. The van der Waals surface area contributed by atoms with E-state index in [0.29, 0.717) is 26.9 Å². The molecule has 21 heavy (non-hydrogen) atoms. The highest BCUT2D eigenvalue weighted by Gasteiger charge is 2.29. The van der Waals surface area contributed by atoms with Gasteiger partial charge in [0.1, 0.15) is 4.21 Å². The van der Waals surface area contributed by atoms with Crippen molar-refractivity contribution in [2.75, 3.05) is 18.8 Å². The molecule has 3 heterocycles. The summed E-state index contributed by atoms with van der Waals surface area (Å²) < 4.78 is 27.7. The van der Waals surface area contributed by atoms with Crippen LogP contribution >= 0.6 is 46.0 Å². The predicted molar refractivity (Wildman–Crippen MR) is 92.2 cm³/mol. The Bertz CT molecular complexity index is 696. The fourth-order valence-corrected chi connectivity index (χ4v) is 7.70. The van der Waals surface area contributed by atoms with Gasteiger partial charge in [0, 0.05) is 29.0 Å². The van der Waals surface area contributed by atoms with Crippen molar-refractivity contribution in [1.82, 2.24) is 4.31 Å². The van der Waals surface area contributed by atoms with E-state index >= 15 is 0 Å². The first-order valence-corrected chi connectivity index (χ1v) is 11.0. The zero-order valence-corrected chi connectivity index (χ0v) is 15.1. The second-order valence-electron chi connectivity index (χ2n) is 4.63. The van der Waals surface area contributed by atoms with Crippen molar-refractivity contribution in [2.24, 2.45) is 0 Å². The third-order valence-corrected chi connectivity index (χ3v) is 9.35. The molecule has 2 aromatic rings. The number of thiophene rings is 2. The molecule has 0 aliphatic carbocycles. The lowest BCUT2D eigenvalue weighted by Gasteiger charge is -2.18. The largest absolute Gasteiger partial charge is 0.252 e. The molecule has 1 fully saturated rings. The smallest absolute Gasteiger partial charge is 0.206 e. The van der Waals surface area contributed by atoms with Gasteiger partial charge in [-0.3, -0.25) is 0 Å². The SMILES string of the molecule is O=S(=O)(c1ccc(Cl)s1)N1CCSC(c2cccs2)CC1. The molecule has 1 unspecified atom stereocenters. The average Bonchev–Trinajstić information content (AvgIpc) is 3.06. The van der Waals surface area contributed by atoms with E-state index in [0.717, 1.165) is 23.5 Å². The van der Waals surface area contributed by atoms with Gasteiger partial charge in [-0.25, -0.2) is 8.42 Å². The maximum Gasteiger partial charge on any atom is 0.252 e. The van der Waals surface area contributed by atoms with Crippen LogP contribution in [0.4, 0.5) is 0 Å². The minimum atomic E-state index is -3.40. The molecule has 8 heteroatoms. The summed E-state index contributed by atoms with van der Waals surface area (Å²) in [5, 5.41) is 2.47. The number of hydrogen-bond acceptors (Lipinski definition) is 5. The van der Waals surface area contributed by atoms with E-state index < -0.39 is 10.0 Å².